The van der Waals surface area contributed by atoms with E-state index in [0.29, 0.717) is 0 Å². The van der Waals surface area contributed by atoms with Gasteiger partial charge in [0.25, 0.3) is 0 Å². The SMILES string of the molecule is c1cc2c3ccncc3n(-c3cc(-c4ccc5oc6ccc(-n7c8cnccc8c8ccncc87)cc6c5c4)cc(-c4ccc5oc6ccc(-n7c8cnccc8c8ccncc87)cc6c5c4)c3)c2cn1. The maximum absolute atomic E-state index is 6.54. The maximum atomic E-state index is 6.54. The second-order valence-corrected chi connectivity index (χ2v) is 18.1. The molecule has 11 heterocycles. The van der Waals surface area contributed by atoms with Crippen LogP contribution in [0.5, 0.6) is 0 Å². The van der Waals surface area contributed by atoms with Crippen molar-refractivity contribution < 1.29 is 8.83 Å². The predicted octanol–water partition coefficient (Wildman–Crippen LogP) is 14.5. The molecule has 0 aliphatic heterocycles. The number of hydrogen-bond donors (Lipinski definition) is 0. The van der Waals surface area contributed by atoms with Crippen molar-refractivity contribution in [1.82, 2.24) is 43.6 Å². The number of benzene rings is 5. The molecule has 0 radical (unpaired) electrons. The number of nitrogens with zero attached hydrogens (tertiary/aromatic N) is 9. The first-order valence-electron chi connectivity index (χ1n) is 23.3. The maximum Gasteiger partial charge on any atom is 0.135 e. The monoisotopic (exact) mass is 911 g/mol. The Kier molecular flexibility index (Phi) is 7.64. The van der Waals surface area contributed by atoms with E-state index < -0.39 is 0 Å². The number of hydrogen-bond acceptors (Lipinski definition) is 8. The fraction of sp³-hybridized carbons (Fsp3) is 0. The van der Waals surface area contributed by atoms with Gasteiger partial charge in [-0.05, 0) is 138 Å². The van der Waals surface area contributed by atoms with Gasteiger partial charge in [-0.3, -0.25) is 29.9 Å². The number of fused-ring (bicyclic) bond motifs is 15. The summed E-state index contributed by atoms with van der Waals surface area (Å²) in [5.41, 5.74) is 16.5. The van der Waals surface area contributed by atoms with Gasteiger partial charge in [0.15, 0.2) is 0 Å². The highest BCUT2D eigenvalue weighted by Gasteiger charge is 2.20. The van der Waals surface area contributed by atoms with E-state index in [9.17, 15) is 0 Å². The van der Waals surface area contributed by atoms with Gasteiger partial charge in [-0.25, -0.2) is 0 Å². The minimum atomic E-state index is 0.812. The van der Waals surface area contributed by atoms with Crippen LogP contribution in [0.3, 0.4) is 0 Å². The summed E-state index contributed by atoms with van der Waals surface area (Å²) in [4.78, 5) is 27.2. The van der Waals surface area contributed by atoms with Gasteiger partial charge in [0.2, 0.25) is 0 Å². The molecular formula is C60H33N9O2. The van der Waals surface area contributed by atoms with Crippen molar-refractivity contribution >= 4 is 109 Å². The lowest BCUT2D eigenvalue weighted by Crippen LogP contribution is -1.96. The predicted molar refractivity (Wildman–Crippen MR) is 282 cm³/mol. The van der Waals surface area contributed by atoms with Crippen LogP contribution in [-0.2, 0) is 0 Å². The van der Waals surface area contributed by atoms with E-state index in [1.54, 1.807) is 0 Å². The molecular weight excluding hydrogens is 879 g/mol. The highest BCUT2D eigenvalue weighted by molar-refractivity contribution is 6.13. The Morgan fingerprint density at radius 2 is 0.535 bits per heavy atom. The lowest BCUT2D eigenvalue weighted by molar-refractivity contribution is 0.668. The molecule has 71 heavy (non-hydrogen) atoms. The standard InChI is InChI=1S/C60H33N9O2/c1-5-57-47(49-26-38(3-7-59(49)70-57)67-51-28-61-15-9-41(51)42-10-16-62-29-52(42)67)24-34(1)36-21-37(23-40(22-36)69-55-32-65-19-13-45(55)46-14-20-66-33-56(46)69)35-2-6-58-48(25-35)50-27-39(4-8-60(50)71-58)68-53-30-63-17-11-43(53)44-12-18-64-31-54(44)68/h1-33H. The van der Waals surface area contributed by atoms with Crippen molar-refractivity contribution in [1.29, 1.82) is 0 Å². The van der Waals surface area contributed by atoms with Crippen LogP contribution in [0, 0.1) is 0 Å². The van der Waals surface area contributed by atoms with Crippen LogP contribution in [0.4, 0.5) is 0 Å². The fourth-order valence-corrected chi connectivity index (χ4v) is 11.2. The van der Waals surface area contributed by atoms with Gasteiger partial charge in [-0.15, -0.1) is 0 Å². The Labute approximate surface area is 401 Å². The van der Waals surface area contributed by atoms with Crippen LogP contribution < -0.4 is 0 Å². The lowest BCUT2D eigenvalue weighted by Gasteiger charge is -2.14. The third-order valence-corrected chi connectivity index (χ3v) is 14.4. The van der Waals surface area contributed by atoms with E-state index in [1.807, 2.05) is 74.4 Å². The van der Waals surface area contributed by atoms with Crippen LogP contribution >= 0.6 is 0 Å². The van der Waals surface area contributed by atoms with Crippen molar-refractivity contribution in [2.45, 2.75) is 0 Å². The molecule has 0 unspecified atom stereocenters. The van der Waals surface area contributed by atoms with Gasteiger partial charge in [-0.1, -0.05) is 12.1 Å². The molecule has 0 saturated heterocycles. The molecule has 0 aliphatic carbocycles. The summed E-state index contributed by atoms with van der Waals surface area (Å²) in [5, 5.41) is 10.8. The summed E-state index contributed by atoms with van der Waals surface area (Å²) in [6.45, 7) is 0. The zero-order chi connectivity index (χ0) is 46.3. The summed E-state index contributed by atoms with van der Waals surface area (Å²) >= 11 is 0. The molecule has 330 valence electrons. The smallest absolute Gasteiger partial charge is 0.135 e. The third-order valence-electron chi connectivity index (χ3n) is 14.4. The highest BCUT2D eigenvalue weighted by Crippen LogP contribution is 2.42. The van der Waals surface area contributed by atoms with Gasteiger partial charge < -0.3 is 22.5 Å². The molecule has 11 aromatic heterocycles. The molecule has 16 rings (SSSR count). The summed E-state index contributed by atoms with van der Waals surface area (Å²) in [5.74, 6) is 0. The molecule has 0 spiro atoms. The first-order valence-corrected chi connectivity index (χ1v) is 23.3. The van der Waals surface area contributed by atoms with Crippen LogP contribution in [0.15, 0.2) is 211 Å². The Balaban J connectivity index is 0.899. The number of rotatable bonds is 5. The molecule has 11 nitrogen and oxygen atoms in total. The van der Waals surface area contributed by atoms with E-state index in [4.69, 9.17) is 8.83 Å². The Bertz CT molecular complexity index is 4510. The second-order valence-electron chi connectivity index (χ2n) is 18.1. The average molecular weight is 912 g/mol. The number of furan rings is 2. The van der Waals surface area contributed by atoms with E-state index >= 15 is 0 Å². The van der Waals surface area contributed by atoms with Gasteiger partial charge in [0.1, 0.15) is 22.3 Å². The average Bonchev–Trinajstić information content (AvgIpc) is 4.24. The van der Waals surface area contributed by atoms with Crippen LogP contribution in [0.1, 0.15) is 0 Å². The minimum Gasteiger partial charge on any atom is -0.456 e. The third kappa shape index (κ3) is 5.48. The van der Waals surface area contributed by atoms with E-state index in [2.05, 4.69) is 171 Å². The van der Waals surface area contributed by atoms with Crippen molar-refractivity contribution in [3.8, 4) is 39.3 Å². The van der Waals surface area contributed by atoms with E-state index in [0.717, 1.165) is 149 Å². The van der Waals surface area contributed by atoms with E-state index in [-0.39, 0.29) is 0 Å². The minimum absolute atomic E-state index is 0.812. The first-order chi connectivity index (χ1) is 35.2. The van der Waals surface area contributed by atoms with E-state index in [1.165, 1.54) is 0 Å². The number of pyridine rings is 6. The summed E-state index contributed by atoms with van der Waals surface area (Å²) < 4.78 is 19.8. The molecule has 0 fully saturated rings. The summed E-state index contributed by atoms with van der Waals surface area (Å²) in [6, 6.07) is 45.0. The van der Waals surface area contributed by atoms with Gasteiger partial charge in [0, 0.05) is 108 Å². The molecule has 0 atom stereocenters. The molecule has 0 amide bonds. The first kappa shape index (κ1) is 38.0. The Morgan fingerprint density at radius 3 is 0.873 bits per heavy atom. The molecule has 0 bridgehead atoms. The largest absolute Gasteiger partial charge is 0.456 e. The quantitative estimate of drug-likeness (QED) is 0.167. The van der Waals surface area contributed by atoms with Crippen molar-refractivity contribution in [3.05, 3.63) is 202 Å². The molecule has 0 N–H and O–H groups in total. The zero-order valence-corrected chi connectivity index (χ0v) is 37.4. The normalized spacial score (nSPS) is 12.2. The van der Waals surface area contributed by atoms with Crippen LogP contribution in [0.25, 0.3) is 149 Å². The van der Waals surface area contributed by atoms with Crippen molar-refractivity contribution in [2.75, 3.05) is 0 Å². The second kappa shape index (κ2) is 14.3. The number of aromatic nitrogens is 9. The van der Waals surface area contributed by atoms with Gasteiger partial charge in [0.05, 0.1) is 70.3 Å². The Hall–Kier alpha value is -10.0. The zero-order valence-electron chi connectivity index (χ0n) is 37.4. The van der Waals surface area contributed by atoms with Crippen molar-refractivity contribution in [2.24, 2.45) is 0 Å². The molecule has 0 aliphatic rings. The Morgan fingerprint density at radius 1 is 0.239 bits per heavy atom. The highest BCUT2D eigenvalue weighted by atomic mass is 16.3. The van der Waals surface area contributed by atoms with Gasteiger partial charge >= 0.3 is 0 Å². The van der Waals surface area contributed by atoms with Crippen molar-refractivity contribution in [3.63, 3.8) is 0 Å². The fourth-order valence-electron chi connectivity index (χ4n) is 11.2. The topological polar surface area (TPSA) is 118 Å². The summed E-state index contributed by atoms with van der Waals surface area (Å²) in [7, 11) is 0. The molecule has 0 saturated carbocycles. The molecule has 5 aromatic carbocycles. The molecule has 11 heteroatoms. The molecule has 16 aromatic rings. The lowest BCUT2D eigenvalue weighted by atomic mass is 9.96. The van der Waals surface area contributed by atoms with Crippen LogP contribution in [0.2, 0.25) is 0 Å². The van der Waals surface area contributed by atoms with Gasteiger partial charge in [-0.2, -0.15) is 0 Å². The van der Waals surface area contributed by atoms with Crippen LogP contribution in [-0.4, -0.2) is 43.6 Å². The summed E-state index contributed by atoms with van der Waals surface area (Å²) in [6.07, 6.45) is 22.6.